The molecule has 0 aliphatic carbocycles. The number of aryl methyl sites for hydroxylation is 2. The van der Waals surface area contributed by atoms with Gasteiger partial charge in [0, 0.05) is 0 Å². The molecule has 0 saturated carbocycles. The van der Waals surface area contributed by atoms with Crippen molar-refractivity contribution in [1.29, 1.82) is 0 Å². The van der Waals surface area contributed by atoms with Crippen LogP contribution < -0.4 is 4.74 Å². The van der Waals surface area contributed by atoms with Crippen molar-refractivity contribution in [2.45, 2.75) is 26.9 Å². The number of ether oxygens (including phenoxy) is 1. The predicted molar refractivity (Wildman–Crippen MR) is 71.3 cm³/mol. The molecule has 0 amide bonds. The van der Waals surface area contributed by atoms with E-state index in [0.717, 1.165) is 23.3 Å². The fourth-order valence-electron chi connectivity index (χ4n) is 1.81. The molecule has 0 aliphatic rings. The monoisotopic (exact) mass is 244 g/mol. The minimum absolute atomic E-state index is 0.229. The second-order valence-electron chi connectivity index (χ2n) is 4.37. The van der Waals surface area contributed by atoms with Gasteiger partial charge in [-0.3, -0.25) is 0 Å². The number of rotatable bonds is 4. The molecule has 18 heavy (non-hydrogen) atoms. The molecule has 2 rings (SSSR count). The normalized spacial score (nSPS) is 10.4. The predicted octanol–water partition coefficient (Wildman–Crippen LogP) is 4.28. The minimum atomic E-state index is -0.229. The van der Waals surface area contributed by atoms with Crippen LogP contribution in [0.25, 0.3) is 0 Å². The summed E-state index contributed by atoms with van der Waals surface area (Å²) in [4.78, 5) is 0. The Morgan fingerprint density at radius 1 is 1.00 bits per heavy atom. The SMILES string of the molecule is CCc1ccc(COc2ccc(F)cc2C)cc1. The first-order chi connectivity index (χ1) is 8.69. The Kier molecular flexibility index (Phi) is 3.98. The second kappa shape index (κ2) is 5.67. The summed E-state index contributed by atoms with van der Waals surface area (Å²) in [5, 5.41) is 0. The maximum absolute atomic E-state index is 12.9. The van der Waals surface area contributed by atoms with Crippen LogP contribution in [0.5, 0.6) is 5.75 Å². The minimum Gasteiger partial charge on any atom is -0.489 e. The Morgan fingerprint density at radius 3 is 2.28 bits per heavy atom. The van der Waals surface area contributed by atoms with Crippen LogP contribution in [-0.4, -0.2) is 0 Å². The van der Waals surface area contributed by atoms with E-state index in [4.69, 9.17) is 4.74 Å². The molecule has 0 aromatic heterocycles. The molecule has 94 valence electrons. The zero-order chi connectivity index (χ0) is 13.0. The average molecular weight is 244 g/mol. The highest BCUT2D eigenvalue weighted by molar-refractivity contribution is 5.33. The van der Waals surface area contributed by atoms with Gasteiger partial charge < -0.3 is 4.74 Å². The lowest BCUT2D eigenvalue weighted by atomic mass is 10.1. The van der Waals surface area contributed by atoms with E-state index in [1.54, 1.807) is 6.07 Å². The molecular formula is C16H17FO. The van der Waals surface area contributed by atoms with Crippen molar-refractivity contribution in [2.24, 2.45) is 0 Å². The van der Waals surface area contributed by atoms with Crippen molar-refractivity contribution >= 4 is 0 Å². The molecule has 0 atom stereocenters. The van der Waals surface area contributed by atoms with E-state index in [0.29, 0.717) is 6.61 Å². The molecule has 0 radical (unpaired) electrons. The van der Waals surface area contributed by atoms with E-state index in [2.05, 4.69) is 31.2 Å². The number of benzene rings is 2. The lowest BCUT2D eigenvalue weighted by molar-refractivity contribution is 0.303. The van der Waals surface area contributed by atoms with E-state index in [9.17, 15) is 4.39 Å². The molecule has 1 nitrogen and oxygen atoms in total. The van der Waals surface area contributed by atoms with Crippen LogP contribution in [0.4, 0.5) is 4.39 Å². The molecule has 0 fully saturated rings. The number of hydrogen-bond acceptors (Lipinski definition) is 1. The van der Waals surface area contributed by atoms with Gasteiger partial charge in [0.2, 0.25) is 0 Å². The van der Waals surface area contributed by atoms with Crippen LogP contribution in [-0.2, 0) is 13.0 Å². The van der Waals surface area contributed by atoms with Crippen molar-refractivity contribution in [2.75, 3.05) is 0 Å². The Labute approximate surface area is 107 Å². The molecule has 0 heterocycles. The van der Waals surface area contributed by atoms with Crippen LogP contribution in [0, 0.1) is 12.7 Å². The Hall–Kier alpha value is -1.83. The third kappa shape index (κ3) is 3.10. The first-order valence-corrected chi connectivity index (χ1v) is 6.16. The van der Waals surface area contributed by atoms with Crippen LogP contribution >= 0.6 is 0 Å². The third-order valence-electron chi connectivity index (χ3n) is 2.96. The Morgan fingerprint density at radius 2 is 1.67 bits per heavy atom. The summed E-state index contributed by atoms with van der Waals surface area (Å²) < 4.78 is 18.6. The van der Waals surface area contributed by atoms with Crippen molar-refractivity contribution in [1.82, 2.24) is 0 Å². The number of hydrogen-bond donors (Lipinski definition) is 0. The molecule has 0 bridgehead atoms. The molecule has 2 aromatic rings. The van der Waals surface area contributed by atoms with Gasteiger partial charge in [-0.05, 0) is 48.2 Å². The van der Waals surface area contributed by atoms with E-state index in [1.165, 1.54) is 17.7 Å². The fourth-order valence-corrected chi connectivity index (χ4v) is 1.81. The lowest BCUT2D eigenvalue weighted by Gasteiger charge is -2.09. The van der Waals surface area contributed by atoms with Crippen LogP contribution in [0.2, 0.25) is 0 Å². The molecular weight excluding hydrogens is 227 g/mol. The van der Waals surface area contributed by atoms with Gasteiger partial charge in [-0.15, -0.1) is 0 Å². The quantitative estimate of drug-likeness (QED) is 0.780. The smallest absolute Gasteiger partial charge is 0.123 e. The van der Waals surface area contributed by atoms with E-state index < -0.39 is 0 Å². The largest absolute Gasteiger partial charge is 0.489 e. The third-order valence-corrected chi connectivity index (χ3v) is 2.96. The highest BCUT2D eigenvalue weighted by Crippen LogP contribution is 2.19. The van der Waals surface area contributed by atoms with Gasteiger partial charge in [-0.2, -0.15) is 0 Å². The summed E-state index contributed by atoms with van der Waals surface area (Å²) in [5.74, 6) is 0.503. The molecule has 0 aliphatic heterocycles. The highest BCUT2D eigenvalue weighted by atomic mass is 19.1. The lowest BCUT2D eigenvalue weighted by Crippen LogP contribution is -1.97. The summed E-state index contributed by atoms with van der Waals surface area (Å²) in [7, 11) is 0. The Balaban J connectivity index is 2.02. The van der Waals surface area contributed by atoms with Crippen molar-refractivity contribution in [3.8, 4) is 5.75 Å². The van der Waals surface area contributed by atoms with Gasteiger partial charge in [0.1, 0.15) is 18.2 Å². The van der Waals surface area contributed by atoms with Gasteiger partial charge in [0.25, 0.3) is 0 Å². The van der Waals surface area contributed by atoms with Gasteiger partial charge in [0.05, 0.1) is 0 Å². The van der Waals surface area contributed by atoms with Gasteiger partial charge >= 0.3 is 0 Å². The maximum atomic E-state index is 12.9. The molecule has 2 heteroatoms. The van der Waals surface area contributed by atoms with Crippen molar-refractivity contribution in [3.05, 3.63) is 65.0 Å². The van der Waals surface area contributed by atoms with E-state index in [1.807, 2.05) is 6.92 Å². The van der Waals surface area contributed by atoms with Crippen LogP contribution in [0.1, 0.15) is 23.6 Å². The second-order valence-corrected chi connectivity index (χ2v) is 4.37. The molecule has 0 N–H and O–H groups in total. The van der Waals surface area contributed by atoms with E-state index in [-0.39, 0.29) is 5.82 Å². The summed E-state index contributed by atoms with van der Waals surface area (Å²) >= 11 is 0. The van der Waals surface area contributed by atoms with Crippen LogP contribution in [0.15, 0.2) is 42.5 Å². The molecule has 0 unspecified atom stereocenters. The summed E-state index contributed by atoms with van der Waals surface area (Å²) in [6, 6.07) is 12.9. The topological polar surface area (TPSA) is 9.23 Å². The number of halogens is 1. The summed E-state index contributed by atoms with van der Waals surface area (Å²) in [6.45, 7) is 4.49. The average Bonchev–Trinajstić information content (AvgIpc) is 2.38. The van der Waals surface area contributed by atoms with E-state index >= 15 is 0 Å². The molecule has 0 saturated heterocycles. The zero-order valence-electron chi connectivity index (χ0n) is 10.7. The summed E-state index contributed by atoms with van der Waals surface area (Å²) in [5.41, 5.74) is 3.26. The Bertz CT molecular complexity index is 517. The summed E-state index contributed by atoms with van der Waals surface area (Å²) in [6.07, 6.45) is 1.04. The van der Waals surface area contributed by atoms with Gasteiger partial charge in [-0.25, -0.2) is 4.39 Å². The van der Waals surface area contributed by atoms with Gasteiger partial charge in [0.15, 0.2) is 0 Å². The van der Waals surface area contributed by atoms with Gasteiger partial charge in [-0.1, -0.05) is 31.2 Å². The van der Waals surface area contributed by atoms with Crippen LogP contribution in [0.3, 0.4) is 0 Å². The fraction of sp³-hybridized carbons (Fsp3) is 0.250. The molecule has 0 spiro atoms. The van der Waals surface area contributed by atoms with Crippen molar-refractivity contribution < 1.29 is 9.13 Å². The highest BCUT2D eigenvalue weighted by Gasteiger charge is 2.01. The zero-order valence-corrected chi connectivity index (χ0v) is 10.7. The first-order valence-electron chi connectivity index (χ1n) is 6.16. The molecule has 2 aromatic carbocycles. The maximum Gasteiger partial charge on any atom is 0.123 e. The van der Waals surface area contributed by atoms with Crippen molar-refractivity contribution in [3.63, 3.8) is 0 Å². The first kappa shape index (κ1) is 12.6. The standard InChI is InChI=1S/C16H17FO/c1-3-13-4-6-14(7-5-13)11-18-16-9-8-15(17)10-12(16)2/h4-10H,3,11H2,1-2H3.